The molecule has 0 saturated carbocycles. The van der Waals surface area contributed by atoms with Crippen LogP contribution < -0.4 is 5.73 Å². The third-order valence-corrected chi connectivity index (χ3v) is 4.07. The molecule has 4 nitrogen and oxygen atoms in total. The molecule has 2 rings (SSSR count). The van der Waals surface area contributed by atoms with E-state index < -0.39 is 23.3 Å². The molecule has 0 atom stereocenters. The Labute approximate surface area is 149 Å². The number of allylic oxidation sites excluding steroid dienone is 2. The Balaban J connectivity index is 2.84. The van der Waals surface area contributed by atoms with Gasteiger partial charge in [0.2, 0.25) is 0 Å². The number of aromatic nitrogens is 2. The second-order valence-electron chi connectivity index (χ2n) is 5.80. The fourth-order valence-corrected chi connectivity index (χ4v) is 2.67. The summed E-state index contributed by atoms with van der Waals surface area (Å²) in [6.07, 6.45) is -4.91. The normalized spacial score (nSPS) is 13.3. The number of hydrogen-bond donors (Lipinski definition) is 2. The van der Waals surface area contributed by atoms with Crippen LogP contribution in [-0.2, 0) is 0 Å². The van der Waals surface area contributed by atoms with Gasteiger partial charge < -0.3 is 5.73 Å². The molecule has 0 saturated heterocycles. The lowest BCUT2D eigenvalue weighted by atomic mass is 10.0. The van der Waals surface area contributed by atoms with Crippen LogP contribution in [0.5, 0.6) is 0 Å². The summed E-state index contributed by atoms with van der Waals surface area (Å²) in [6.45, 7) is 4.84. The number of halogens is 5. The van der Waals surface area contributed by atoms with Crippen LogP contribution in [0.15, 0.2) is 22.3 Å². The zero-order valence-corrected chi connectivity index (χ0v) is 15.2. The SMILES string of the molecule is CC(N)=C(C(=N)C(F)(F)F)c1nc(C(C)C)c2cc(Br)c(F)cc2n1. The summed E-state index contributed by atoms with van der Waals surface area (Å²) in [5.41, 5.74) is 3.66. The molecule has 1 heterocycles. The molecule has 0 spiro atoms. The maximum Gasteiger partial charge on any atom is 0.433 e. The number of rotatable bonds is 3. The molecule has 9 heteroatoms. The number of benzene rings is 1. The smallest absolute Gasteiger partial charge is 0.402 e. The molecule has 0 fully saturated rings. The lowest BCUT2D eigenvalue weighted by Crippen LogP contribution is -2.26. The Morgan fingerprint density at radius 3 is 2.32 bits per heavy atom. The molecule has 1 aromatic heterocycles. The predicted octanol–water partition coefficient (Wildman–Crippen LogP) is 4.93. The van der Waals surface area contributed by atoms with E-state index in [1.165, 1.54) is 13.0 Å². The number of fused-ring (bicyclic) bond motifs is 1. The highest BCUT2D eigenvalue weighted by atomic mass is 79.9. The molecule has 0 aliphatic carbocycles. The van der Waals surface area contributed by atoms with Crippen molar-refractivity contribution in [3.8, 4) is 0 Å². The average Bonchev–Trinajstić information content (AvgIpc) is 2.46. The lowest BCUT2D eigenvalue weighted by Gasteiger charge is -2.16. The van der Waals surface area contributed by atoms with E-state index in [0.717, 1.165) is 6.07 Å². The zero-order valence-electron chi connectivity index (χ0n) is 13.6. The first-order valence-electron chi connectivity index (χ1n) is 7.23. The van der Waals surface area contributed by atoms with Gasteiger partial charge in [0.15, 0.2) is 5.82 Å². The van der Waals surface area contributed by atoms with Gasteiger partial charge in [-0.2, -0.15) is 13.2 Å². The van der Waals surface area contributed by atoms with Crippen molar-refractivity contribution < 1.29 is 17.6 Å². The number of nitrogens with two attached hydrogens (primary N) is 1. The molecule has 134 valence electrons. The fourth-order valence-electron chi connectivity index (χ4n) is 2.33. The Hall–Kier alpha value is -2.03. The van der Waals surface area contributed by atoms with Crippen molar-refractivity contribution in [3.63, 3.8) is 0 Å². The first-order valence-corrected chi connectivity index (χ1v) is 8.02. The van der Waals surface area contributed by atoms with E-state index in [1.807, 2.05) is 0 Å². The van der Waals surface area contributed by atoms with Crippen LogP contribution in [0.1, 0.15) is 38.2 Å². The van der Waals surface area contributed by atoms with Crippen molar-refractivity contribution in [1.82, 2.24) is 9.97 Å². The van der Waals surface area contributed by atoms with Gasteiger partial charge in [-0.15, -0.1) is 0 Å². The predicted molar refractivity (Wildman–Crippen MR) is 91.8 cm³/mol. The summed E-state index contributed by atoms with van der Waals surface area (Å²) >= 11 is 3.08. The summed E-state index contributed by atoms with van der Waals surface area (Å²) in [6, 6.07) is 2.59. The van der Waals surface area contributed by atoms with Gasteiger partial charge in [0, 0.05) is 17.1 Å². The van der Waals surface area contributed by atoms with Crippen LogP contribution in [0.25, 0.3) is 16.5 Å². The van der Waals surface area contributed by atoms with Gasteiger partial charge in [0.25, 0.3) is 0 Å². The Morgan fingerprint density at radius 1 is 1.24 bits per heavy atom. The van der Waals surface area contributed by atoms with E-state index in [-0.39, 0.29) is 27.4 Å². The van der Waals surface area contributed by atoms with Gasteiger partial charge >= 0.3 is 6.18 Å². The van der Waals surface area contributed by atoms with Crippen molar-refractivity contribution in [2.75, 3.05) is 0 Å². The maximum atomic E-state index is 13.9. The molecule has 2 aromatic rings. The van der Waals surface area contributed by atoms with Crippen LogP contribution in [-0.4, -0.2) is 21.9 Å². The zero-order chi connectivity index (χ0) is 19.1. The van der Waals surface area contributed by atoms with E-state index in [9.17, 15) is 17.6 Å². The summed E-state index contributed by atoms with van der Waals surface area (Å²) in [5, 5.41) is 7.92. The Kier molecular flexibility index (Phi) is 5.17. The van der Waals surface area contributed by atoms with Crippen molar-refractivity contribution in [2.24, 2.45) is 5.73 Å². The summed E-state index contributed by atoms with van der Waals surface area (Å²) in [4.78, 5) is 8.22. The summed E-state index contributed by atoms with van der Waals surface area (Å²) < 4.78 is 53.1. The molecule has 0 amide bonds. The van der Waals surface area contributed by atoms with Crippen LogP contribution in [0, 0.1) is 11.2 Å². The van der Waals surface area contributed by atoms with Crippen molar-refractivity contribution >= 4 is 38.1 Å². The molecule has 0 unspecified atom stereocenters. The van der Waals surface area contributed by atoms with Crippen LogP contribution in [0.2, 0.25) is 0 Å². The molecule has 25 heavy (non-hydrogen) atoms. The molecule has 0 bridgehead atoms. The second-order valence-corrected chi connectivity index (χ2v) is 6.66. The highest BCUT2D eigenvalue weighted by molar-refractivity contribution is 9.10. The van der Waals surface area contributed by atoms with Gasteiger partial charge in [0.05, 0.1) is 21.3 Å². The third kappa shape index (κ3) is 3.81. The lowest BCUT2D eigenvalue weighted by molar-refractivity contribution is -0.0579. The molecular weight excluding hydrogens is 404 g/mol. The average molecular weight is 419 g/mol. The van der Waals surface area contributed by atoms with Gasteiger partial charge in [0.1, 0.15) is 11.5 Å². The summed E-state index contributed by atoms with van der Waals surface area (Å²) in [7, 11) is 0. The summed E-state index contributed by atoms with van der Waals surface area (Å²) in [5.74, 6) is -1.12. The number of nitrogens with zero attached hydrogens (tertiary/aromatic N) is 2. The standard InChI is InChI=1S/C16H15BrF4N4/c1-6(2)13-8-4-9(17)10(18)5-11(8)24-15(25-13)12(7(3)22)14(23)16(19,20)21/h4-6,23H,22H2,1-3H3. The van der Waals surface area contributed by atoms with Crippen molar-refractivity contribution in [1.29, 1.82) is 5.41 Å². The highest BCUT2D eigenvalue weighted by Gasteiger charge is 2.39. The maximum absolute atomic E-state index is 13.9. The van der Waals surface area contributed by atoms with Gasteiger partial charge in [-0.05, 0) is 34.8 Å². The van der Waals surface area contributed by atoms with Crippen LogP contribution in [0.3, 0.4) is 0 Å². The first kappa shape index (κ1) is 19.3. The van der Waals surface area contributed by atoms with Crippen LogP contribution in [0.4, 0.5) is 17.6 Å². The molecular formula is C16H15BrF4N4. The molecule has 0 aliphatic rings. The Morgan fingerprint density at radius 2 is 1.84 bits per heavy atom. The number of nitrogens with one attached hydrogen (secondary N) is 1. The highest BCUT2D eigenvalue weighted by Crippen LogP contribution is 2.32. The van der Waals surface area contributed by atoms with E-state index in [0.29, 0.717) is 11.1 Å². The molecule has 3 N–H and O–H groups in total. The van der Waals surface area contributed by atoms with Gasteiger partial charge in [-0.1, -0.05) is 13.8 Å². The minimum absolute atomic E-state index is 0.142. The van der Waals surface area contributed by atoms with Gasteiger partial charge in [-0.3, -0.25) is 5.41 Å². The Bertz CT molecular complexity index is 884. The van der Waals surface area contributed by atoms with E-state index >= 15 is 0 Å². The number of alkyl halides is 3. The quantitative estimate of drug-likeness (QED) is 0.548. The molecule has 0 radical (unpaired) electrons. The largest absolute Gasteiger partial charge is 0.433 e. The molecule has 1 aromatic carbocycles. The first-order chi connectivity index (χ1) is 11.4. The van der Waals surface area contributed by atoms with E-state index in [2.05, 4.69) is 25.9 Å². The van der Waals surface area contributed by atoms with Crippen molar-refractivity contribution in [2.45, 2.75) is 32.9 Å². The fraction of sp³-hybridized carbons (Fsp3) is 0.312. The minimum atomic E-state index is -4.91. The minimum Gasteiger partial charge on any atom is -0.402 e. The molecule has 0 aliphatic heterocycles. The topological polar surface area (TPSA) is 75.7 Å². The van der Waals surface area contributed by atoms with Gasteiger partial charge in [-0.25, -0.2) is 14.4 Å². The van der Waals surface area contributed by atoms with E-state index in [4.69, 9.17) is 11.1 Å². The van der Waals surface area contributed by atoms with Crippen LogP contribution >= 0.6 is 15.9 Å². The monoisotopic (exact) mass is 418 g/mol. The van der Waals surface area contributed by atoms with E-state index in [1.54, 1.807) is 13.8 Å². The third-order valence-electron chi connectivity index (χ3n) is 3.47. The van der Waals surface area contributed by atoms with Crippen molar-refractivity contribution in [3.05, 3.63) is 39.6 Å². The second kappa shape index (κ2) is 6.70. The number of hydrogen-bond acceptors (Lipinski definition) is 4.